The fourth-order valence-electron chi connectivity index (χ4n) is 5.85. The molecule has 212 valence electrons. The van der Waals surface area contributed by atoms with Gasteiger partial charge in [-0.2, -0.15) is 4.98 Å². The van der Waals surface area contributed by atoms with Crippen LogP contribution < -0.4 is 9.64 Å². The second-order valence-electron chi connectivity index (χ2n) is 10.9. The Morgan fingerprint density at radius 3 is 2.68 bits per heavy atom. The predicted octanol–water partition coefficient (Wildman–Crippen LogP) is 3.57. The highest BCUT2D eigenvalue weighted by Crippen LogP contribution is 2.35. The van der Waals surface area contributed by atoms with Gasteiger partial charge >= 0.3 is 0 Å². The van der Waals surface area contributed by atoms with E-state index in [1.165, 1.54) is 5.69 Å². The van der Waals surface area contributed by atoms with Gasteiger partial charge in [-0.1, -0.05) is 0 Å². The summed E-state index contributed by atoms with van der Waals surface area (Å²) in [6.07, 6.45) is 11.7. The van der Waals surface area contributed by atoms with Gasteiger partial charge in [0.1, 0.15) is 11.9 Å². The Morgan fingerprint density at radius 1 is 1.07 bits per heavy atom. The molecule has 12 nitrogen and oxygen atoms in total. The quantitative estimate of drug-likeness (QED) is 0.298. The SMILES string of the molecule is Cc1ccc(Cn2nnnc2-c2cnc3cc(N4CCOCC4)nc(OC4CCC(n5ccnc5)CC4)c3c2)n1C. The second kappa shape index (κ2) is 10.9. The molecule has 1 saturated heterocycles. The fourth-order valence-corrected chi connectivity index (χ4v) is 5.85. The van der Waals surface area contributed by atoms with Crippen molar-refractivity contribution >= 4 is 16.7 Å². The number of ether oxygens (including phenoxy) is 2. The zero-order valence-electron chi connectivity index (χ0n) is 23.4. The van der Waals surface area contributed by atoms with E-state index in [2.05, 4.69) is 66.7 Å². The Kier molecular flexibility index (Phi) is 6.83. The molecule has 2 fully saturated rings. The van der Waals surface area contributed by atoms with E-state index in [1.54, 1.807) is 0 Å². The van der Waals surface area contributed by atoms with Crippen LogP contribution in [0, 0.1) is 6.92 Å². The third-order valence-corrected chi connectivity index (χ3v) is 8.41. The molecule has 5 aromatic rings. The number of aromatic nitrogens is 9. The lowest BCUT2D eigenvalue weighted by molar-refractivity contribution is 0.121. The highest BCUT2D eigenvalue weighted by Gasteiger charge is 2.26. The molecule has 12 heteroatoms. The summed E-state index contributed by atoms with van der Waals surface area (Å²) >= 11 is 0. The van der Waals surface area contributed by atoms with E-state index in [4.69, 9.17) is 19.4 Å². The molecule has 7 rings (SSSR count). The molecule has 1 saturated carbocycles. The van der Waals surface area contributed by atoms with Gasteiger partial charge in [-0.05, 0) is 61.2 Å². The van der Waals surface area contributed by atoms with E-state index >= 15 is 0 Å². The lowest BCUT2D eigenvalue weighted by Crippen LogP contribution is -2.36. The summed E-state index contributed by atoms with van der Waals surface area (Å²) in [4.78, 5) is 16.4. The molecule has 41 heavy (non-hydrogen) atoms. The van der Waals surface area contributed by atoms with Crippen LogP contribution >= 0.6 is 0 Å². The van der Waals surface area contributed by atoms with Crippen LogP contribution in [-0.4, -0.2) is 76.7 Å². The minimum Gasteiger partial charge on any atom is -0.474 e. The Bertz CT molecular complexity index is 1630. The molecule has 1 aliphatic heterocycles. The van der Waals surface area contributed by atoms with Crippen LogP contribution in [0.5, 0.6) is 5.88 Å². The number of hydrogen-bond donors (Lipinski definition) is 0. The van der Waals surface area contributed by atoms with E-state index < -0.39 is 0 Å². The van der Waals surface area contributed by atoms with Crippen molar-refractivity contribution < 1.29 is 9.47 Å². The number of anilines is 1. The molecule has 0 bridgehead atoms. The van der Waals surface area contributed by atoms with E-state index in [-0.39, 0.29) is 6.10 Å². The zero-order chi connectivity index (χ0) is 27.8. The molecule has 0 N–H and O–H groups in total. The molecule has 1 aliphatic carbocycles. The minimum atomic E-state index is 0.0833. The molecule has 0 spiro atoms. The topological polar surface area (TPSA) is 114 Å². The van der Waals surface area contributed by atoms with E-state index in [1.807, 2.05) is 35.7 Å². The first-order chi connectivity index (χ1) is 20.1. The molecule has 0 amide bonds. The Morgan fingerprint density at radius 2 is 1.93 bits per heavy atom. The van der Waals surface area contributed by atoms with Gasteiger partial charge in [0.05, 0.1) is 37.0 Å². The van der Waals surface area contributed by atoms with E-state index in [0.29, 0.717) is 37.5 Å². The van der Waals surface area contributed by atoms with Gasteiger partial charge in [0.2, 0.25) is 5.88 Å². The Hall–Kier alpha value is -4.32. The maximum atomic E-state index is 6.69. The largest absolute Gasteiger partial charge is 0.474 e. The molecular formula is C29H34N10O2. The molecule has 6 heterocycles. The summed E-state index contributed by atoms with van der Waals surface area (Å²) in [6.45, 7) is 5.59. The third-order valence-electron chi connectivity index (χ3n) is 8.41. The number of hydrogen-bond acceptors (Lipinski definition) is 9. The number of rotatable bonds is 7. The van der Waals surface area contributed by atoms with Gasteiger partial charge in [0.25, 0.3) is 0 Å². The van der Waals surface area contributed by atoms with Gasteiger partial charge in [0.15, 0.2) is 5.82 Å². The molecule has 0 aromatic carbocycles. The van der Waals surface area contributed by atoms with Gasteiger partial charge < -0.3 is 23.5 Å². The van der Waals surface area contributed by atoms with Crippen molar-refractivity contribution in [3.05, 3.63) is 60.6 Å². The maximum Gasteiger partial charge on any atom is 0.225 e. The first-order valence-electron chi connectivity index (χ1n) is 14.3. The number of imidazole rings is 1. The molecule has 5 aromatic heterocycles. The highest BCUT2D eigenvalue weighted by atomic mass is 16.5. The average molecular weight is 555 g/mol. The van der Waals surface area contributed by atoms with Crippen LogP contribution in [0.1, 0.15) is 43.1 Å². The normalized spacial score (nSPS) is 19.6. The summed E-state index contributed by atoms with van der Waals surface area (Å²) in [6, 6.07) is 8.76. The highest BCUT2D eigenvalue weighted by molar-refractivity contribution is 5.88. The van der Waals surface area contributed by atoms with Crippen LogP contribution in [0.4, 0.5) is 5.82 Å². The summed E-state index contributed by atoms with van der Waals surface area (Å²) in [5, 5.41) is 13.5. The fraction of sp³-hybridized carbons (Fsp3) is 0.448. The van der Waals surface area contributed by atoms with Crippen LogP contribution in [0.25, 0.3) is 22.3 Å². The smallest absolute Gasteiger partial charge is 0.225 e. The van der Waals surface area contributed by atoms with Crippen molar-refractivity contribution in [3.8, 4) is 17.3 Å². The number of aryl methyl sites for hydroxylation is 1. The molecular weight excluding hydrogens is 520 g/mol. The lowest BCUT2D eigenvalue weighted by Gasteiger charge is -2.31. The zero-order valence-corrected chi connectivity index (χ0v) is 23.4. The van der Waals surface area contributed by atoms with E-state index in [9.17, 15) is 0 Å². The summed E-state index contributed by atoms with van der Waals surface area (Å²) in [5.74, 6) is 2.14. The first kappa shape index (κ1) is 25.6. The number of tetrazole rings is 1. The van der Waals surface area contributed by atoms with Crippen molar-refractivity contribution in [3.63, 3.8) is 0 Å². The van der Waals surface area contributed by atoms with Crippen LogP contribution in [0.3, 0.4) is 0 Å². The van der Waals surface area contributed by atoms with Crippen molar-refractivity contribution in [1.29, 1.82) is 0 Å². The van der Waals surface area contributed by atoms with Crippen LogP contribution in [0.15, 0.2) is 49.2 Å². The lowest BCUT2D eigenvalue weighted by atomic mass is 9.93. The number of nitrogens with zero attached hydrogens (tertiary/aromatic N) is 10. The van der Waals surface area contributed by atoms with Gasteiger partial charge in [-0.25, -0.2) is 9.67 Å². The molecule has 0 radical (unpaired) electrons. The average Bonchev–Trinajstić information content (AvgIpc) is 3.78. The van der Waals surface area contributed by atoms with Crippen LogP contribution in [-0.2, 0) is 18.3 Å². The van der Waals surface area contributed by atoms with Crippen molar-refractivity contribution in [2.24, 2.45) is 7.05 Å². The number of pyridine rings is 2. The monoisotopic (exact) mass is 554 g/mol. The minimum absolute atomic E-state index is 0.0833. The summed E-state index contributed by atoms with van der Waals surface area (Å²) in [7, 11) is 2.05. The third kappa shape index (κ3) is 5.15. The predicted molar refractivity (Wildman–Crippen MR) is 153 cm³/mol. The first-order valence-corrected chi connectivity index (χ1v) is 14.3. The summed E-state index contributed by atoms with van der Waals surface area (Å²) in [5.41, 5.74) is 3.97. The van der Waals surface area contributed by atoms with Crippen molar-refractivity contribution in [2.45, 2.75) is 51.3 Å². The van der Waals surface area contributed by atoms with E-state index in [0.717, 1.165) is 66.8 Å². The Balaban J connectivity index is 1.21. The van der Waals surface area contributed by atoms with Crippen molar-refractivity contribution in [1.82, 2.24) is 44.3 Å². The standard InChI is InChI=1S/C29H34N10O2/c1-20-3-4-23(36(20)2)18-39-28(33-34-35-39)21-15-25-26(31-17-21)16-27(37-11-13-40-14-12-37)32-29(25)41-24-7-5-22(6-8-24)38-10-9-30-19-38/h3-4,9-10,15-17,19,22,24H,5-8,11-14,18H2,1-2H3. The molecule has 2 aliphatic rings. The Labute approximate surface area is 237 Å². The van der Waals surface area contributed by atoms with Crippen LogP contribution in [0.2, 0.25) is 0 Å². The number of morpholine rings is 1. The maximum absolute atomic E-state index is 6.69. The molecule has 0 unspecified atom stereocenters. The number of fused-ring (bicyclic) bond motifs is 1. The second-order valence-corrected chi connectivity index (χ2v) is 10.9. The van der Waals surface area contributed by atoms with Gasteiger partial charge in [0, 0.05) is 67.8 Å². The van der Waals surface area contributed by atoms with Gasteiger partial charge in [-0.15, -0.1) is 5.10 Å². The van der Waals surface area contributed by atoms with Crippen molar-refractivity contribution in [2.75, 3.05) is 31.2 Å². The van der Waals surface area contributed by atoms with Gasteiger partial charge in [-0.3, -0.25) is 4.98 Å². The summed E-state index contributed by atoms with van der Waals surface area (Å²) < 4.78 is 18.4. The molecule has 0 atom stereocenters.